The number of hydrogen-bond donors (Lipinski definition) is 2. The molecule has 0 aliphatic heterocycles. The molecule has 74 valence electrons. The third-order valence-electron chi connectivity index (χ3n) is 2.02. The summed E-state index contributed by atoms with van der Waals surface area (Å²) in [7, 11) is 1.83. The molecular formula is C9H21NO2. The van der Waals surface area contributed by atoms with Crippen LogP contribution in [0, 0.1) is 0 Å². The minimum Gasteiger partial charge on any atom is -0.394 e. The second-order valence-corrected chi connectivity index (χ2v) is 3.37. The molecule has 0 spiro atoms. The zero-order valence-corrected chi connectivity index (χ0v) is 8.39. The minimum atomic E-state index is -0.284. The van der Waals surface area contributed by atoms with Gasteiger partial charge in [0, 0.05) is 6.61 Å². The van der Waals surface area contributed by atoms with E-state index in [0.717, 1.165) is 19.4 Å². The molecule has 0 aromatic heterocycles. The summed E-state index contributed by atoms with van der Waals surface area (Å²) in [5.41, 5.74) is -0.284. The lowest BCUT2D eigenvalue weighted by atomic mass is 10.1. The largest absolute Gasteiger partial charge is 0.394 e. The standard InChI is InChI=1S/C9H21NO2/c1-4-5-6-12-8-9(2,7-11)10-3/h10-11H,4-8H2,1-3H3. The minimum absolute atomic E-state index is 0.107. The fraction of sp³-hybridized carbons (Fsp3) is 1.00. The maximum absolute atomic E-state index is 9.00. The zero-order chi connectivity index (χ0) is 9.45. The van der Waals surface area contributed by atoms with E-state index < -0.39 is 0 Å². The van der Waals surface area contributed by atoms with Gasteiger partial charge < -0.3 is 15.2 Å². The van der Waals surface area contributed by atoms with Crippen LogP contribution < -0.4 is 5.32 Å². The van der Waals surface area contributed by atoms with Gasteiger partial charge in [0.1, 0.15) is 0 Å². The Hall–Kier alpha value is -0.120. The number of likely N-dealkylation sites (N-methyl/N-ethyl adjacent to an activating group) is 1. The van der Waals surface area contributed by atoms with Crippen molar-refractivity contribution in [1.29, 1.82) is 0 Å². The lowest BCUT2D eigenvalue weighted by molar-refractivity contribution is 0.0470. The molecule has 0 saturated carbocycles. The van der Waals surface area contributed by atoms with Crippen molar-refractivity contribution >= 4 is 0 Å². The molecule has 0 saturated heterocycles. The van der Waals surface area contributed by atoms with E-state index in [4.69, 9.17) is 9.84 Å². The van der Waals surface area contributed by atoms with Crippen molar-refractivity contribution in [2.24, 2.45) is 0 Å². The highest BCUT2D eigenvalue weighted by Crippen LogP contribution is 2.02. The predicted octanol–water partition coefficient (Wildman–Crippen LogP) is 0.773. The average Bonchev–Trinajstić information content (AvgIpc) is 2.12. The van der Waals surface area contributed by atoms with Gasteiger partial charge >= 0.3 is 0 Å². The molecule has 0 aromatic rings. The van der Waals surface area contributed by atoms with Gasteiger partial charge in [-0.25, -0.2) is 0 Å². The Kier molecular flexibility index (Phi) is 6.34. The molecule has 0 amide bonds. The molecule has 0 aliphatic carbocycles. The van der Waals surface area contributed by atoms with Gasteiger partial charge in [-0.2, -0.15) is 0 Å². The van der Waals surface area contributed by atoms with Crippen LogP contribution in [0.3, 0.4) is 0 Å². The molecule has 0 bridgehead atoms. The molecule has 0 radical (unpaired) electrons. The summed E-state index contributed by atoms with van der Waals surface area (Å²) in [6.07, 6.45) is 2.24. The highest BCUT2D eigenvalue weighted by Gasteiger charge is 2.20. The monoisotopic (exact) mass is 175 g/mol. The molecule has 0 aliphatic rings. The van der Waals surface area contributed by atoms with E-state index in [0.29, 0.717) is 6.61 Å². The molecular weight excluding hydrogens is 154 g/mol. The number of hydrogen-bond acceptors (Lipinski definition) is 3. The molecule has 1 unspecified atom stereocenters. The van der Waals surface area contributed by atoms with E-state index in [-0.39, 0.29) is 12.1 Å². The Morgan fingerprint density at radius 2 is 2.17 bits per heavy atom. The first-order chi connectivity index (χ1) is 5.68. The van der Waals surface area contributed by atoms with Gasteiger partial charge in [0.25, 0.3) is 0 Å². The van der Waals surface area contributed by atoms with Crippen molar-refractivity contribution in [2.45, 2.75) is 32.2 Å². The number of nitrogens with one attached hydrogen (secondary N) is 1. The lowest BCUT2D eigenvalue weighted by Crippen LogP contribution is -2.47. The van der Waals surface area contributed by atoms with Crippen LogP contribution in [0.4, 0.5) is 0 Å². The van der Waals surface area contributed by atoms with Crippen molar-refractivity contribution in [1.82, 2.24) is 5.32 Å². The first-order valence-electron chi connectivity index (χ1n) is 4.56. The van der Waals surface area contributed by atoms with Crippen LogP contribution in [0.25, 0.3) is 0 Å². The van der Waals surface area contributed by atoms with Crippen molar-refractivity contribution in [3.8, 4) is 0 Å². The molecule has 3 nitrogen and oxygen atoms in total. The van der Waals surface area contributed by atoms with Gasteiger partial charge in [0.2, 0.25) is 0 Å². The number of rotatable bonds is 7. The summed E-state index contributed by atoms with van der Waals surface area (Å²) in [6, 6.07) is 0. The second-order valence-electron chi connectivity index (χ2n) is 3.37. The first-order valence-corrected chi connectivity index (χ1v) is 4.56. The quantitative estimate of drug-likeness (QED) is 0.562. The van der Waals surface area contributed by atoms with E-state index in [1.54, 1.807) is 0 Å². The fourth-order valence-corrected chi connectivity index (χ4v) is 0.741. The van der Waals surface area contributed by atoms with Crippen molar-refractivity contribution in [2.75, 3.05) is 26.9 Å². The van der Waals surface area contributed by atoms with E-state index in [9.17, 15) is 0 Å². The van der Waals surface area contributed by atoms with Crippen LogP contribution >= 0.6 is 0 Å². The Balaban J connectivity index is 3.45. The van der Waals surface area contributed by atoms with Gasteiger partial charge in [-0.15, -0.1) is 0 Å². The first kappa shape index (κ1) is 11.9. The van der Waals surface area contributed by atoms with Gasteiger partial charge in [0.15, 0.2) is 0 Å². The van der Waals surface area contributed by atoms with Crippen LogP contribution in [-0.2, 0) is 4.74 Å². The maximum Gasteiger partial charge on any atom is 0.0667 e. The van der Waals surface area contributed by atoms with Crippen molar-refractivity contribution < 1.29 is 9.84 Å². The molecule has 3 heteroatoms. The Morgan fingerprint density at radius 1 is 1.50 bits per heavy atom. The average molecular weight is 175 g/mol. The van der Waals surface area contributed by atoms with E-state index in [2.05, 4.69) is 12.2 Å². The molecule has 12 heavy (non-hydrogen) atoms. The molecule has 0 aromatic carbocycles. The van der Waals surface area contributed by atoms with Gasteiger partial charge in [-0.05, 0) is 20.4 Å². The van der Waals surface area contributed by atoms with Crippen molar-refractivity contribution in [3.05, 3.63) is 0 Å². The molecule has 2 N–H and O–H groups in total. The number of aliphatic hydroxyl groups excluding tert-OH is 1. The van der Waals surface area contributed by atoms with Crippen LogP contribution in [0.2, 0.25) is 0 Å². The fourth-order valence-electron chi connectivity index (χ4n) is 0.741. The lowest BCUT2D eigenvalue weighted by Gasteiger charge is -2.26. The summed E-state index contributed by atoms with van der Waals surface area (Å²) in [5.74, 6) is 0. The van der Waals surface area contributed by atoms with Gasteiger partial charge in [-0.3, -0.25) is 0 Å². The third-order valence-corrected chi connectivity index (χ3v) is 2.02. The van der Waals surface area contributed by atoms with Crippen molar-refractivity contribution in [3.63, 3.8) is 0 Å². The highest BCUT2D eigenvalue weighted by molar-refractivity contribution is 4.79. The van der Waals surface area contributed by atoms with Crippen LogP contribution in [0.1, 0.15) is 26.7 Å². The molecule has 0 fully saturated rings. The van der Waals surface area contributed by atoms with Gasteiger partial charge in [0.05, 0.1) is 18.8 Å². The summed E-state index contributed by atoms with van der Waals surface area (Å²) < 4.78 is 5.40. The Bertz CT molecular complexity index is 103. The zero-order valence-electron chi connectivity index (χ0n) is 8.39. The Morgan fingerprint density at radius 3 is 2.58 bits per heavy atom. The summed E-state index contributed by atoms with van der Waals surface area (Å²) in [4.78, 5) is 0. The summed E-state index contributed by atoms with van der Waals surface area (Å²) in [5, 5.41) is 12.0. The summed E-state index contributed by atoms with van der Waals surface area (Å²) in [6.45, 7) is 5.54. The number of unbranched alkanes of at least 4 members (excludes halogenated alkanes) is 1. The number of aliphatic hydroxyl groups is 1. The second kappa shape index (κ2) is 6.40. The Labute approximate surface area is 75.1 Å². The maximum atomic E-state index is 9.00. The van der Waals surface area contributed by atoms with E-state index in [1.165, 1.54) is 0 Å². The normalized spacial score (nSPS) is 16.0. The summed E-state index contributed by atoms with van der Waals surface area (Å²) >= 11 is 0. The molecule has 0 heterocycles. The van der Waals surface area contributed by atoms with E-state index in [1.807, 2.05) is 14.0 Å². The topological polar surface area (TPSA) is 41.5 Å². The van der Waals surface area contributed by atoms with Crippen LogP contribution in [-0.4, -0.2) is 37.5 Å². The van der Waals surface area contributed by atoms with Crippen LogP contribution in [0.15, 0.2) is 0 Å². The van der Waals surface area contributed by atoms with Crippen LogP contribution in [0.5, 0.6) is 0 Å². The SMILES string of the molecule is CCCCOCC(C)(CO)NC. The number of ether oxygens (including phenoxy) is 1. The predicted molar refractivity (Wildman–Crippen MR) is 50.3 cm³/mol. The molecule has 1 atom stereocenters. The van der Waals surface area contributed by atoms with Gasteiger partial charge in [-0.1, -0.05) is 13.3 Å². The molecule has 0 rings (SSSR count). The highest BCUT2D eigenvalue weighted by atomic mass is 16.5. The third kappa shape index (κ3) is 4.70. The smallest absolute Gasteiger partial charge is 0.0667 e. The van der Waals surface area contributed by atoms with E-state index >= 15 is 0 Å².